The summed E-state index contributed by atoms with van der Waals surface area (Å²) in [4.78, 5) is 21.9. The number of nitro groups is 1. The highest BCUT2D eigenvalue weighted by Gasteiger charge is 2.25. The molecule has 0 saturated carbocycles. The molecule has 1 aromatic heterocycles. The van der Waals surface area contributed by atoms with Crippen molar-refractivity contribution in [3.05, 3.63) is 55.5 Å². The van der Waals surface area contributed by atoms with Gasteiger partial charge in [-0.1, -0.05) is 17.7 Å². The summed E-state index contributed by atoms with van der Waals surface area (Å²) in [5.41, 5.74) is -0.744. The number of nitro benzene ring substituents is 1. The molecule has 0 aliphatic carbocycles. The van der Waals surface area contributed by atoms with Crippen LogP contribution < -0.4 is 5.32 Å². The highest BCUT2D eigenvalue weighted by Crippen LogP contribution is 2.33. The number of rotatable bonds is 5. The monoisotopic (exact) mass is 330 g/mol. The summed E-state index contributed by atoms with van der Waals surface area (Å²) in [6.07, 6.45) is 0. The first-order chi connectivity index (χ1) is 9.90. The summed E-state index contributed by atoms with van der Waals surface area (Å²) in [5.74, 6) is -2.11. The number of carboxylic acids is 1. The van der Waals surface area contributed by atoms with Gasteiger partial charge in [-0.25, -0.2) is 9.18 Å². The number of nitrogens with one attached hydrogen (secondary N) is 1. The fraction of sp³-hybridized carbons (Fsp3) is 0.0833. The molecule has 21 heavy (non-hydrogen) atoms. The van der Waals surface area contributed by atoms with Crippen LogP contribution in [0.3, 0.4) is 0 Å². The Kier molecular flexibility index (Phi) is 4.39. The Labute approximate surface area is 126 Å². The van der Waals surface area contributed by atoms with Gasteiger partial charge in [-0.15, -0.1) is 11.3 Å². The van der Waals surface area contributed by atoms with E-state index in [-0.39, 0.29) is 5.69 Å². The van der Waals surface area contributed by atoms with Crippen molar-refractivity contribution < 1.29 is 19.2 Å². The van der Waals surface area contributed by atoms with E-state index in [2.05, 4.69) is 5.32 Å². The maximum Gasteiger partial charge on any atom is 0.331 e. The van der Waals surface area contributed by atoms with Gasteiger partial charge in [-0.05, 0) is 11.4 Å². The maximum absolute atomic E-state index is 13.5. The third kappa shape index (κ3) is 3.29. The standard InChI is InChI=1S/C12H8ClFN2O4S/c13-6-4-9(16(19)20)8(5-7(6)14)15-11(12(17)18)10-2-1-3-21-10/h1-5,11,15H,(H,17,18). The van der Waals surface area contributed by atoms with Crippen molar-refractivity contribution in [1.82, 2.24) is 0 Å². The van der Waals surface area contributed by atoms with Gasteiger partial charge >= 0.3 is 5.97 Å². The van der Waals surface area contributed by atoms with Crippen LogP contribution in [0, 0.1) is 15.9 Å². The van der Waals surface area contributed by atoms with E-state index in [1.165, 1.54) is 11.3 Å². The van der Waals surface area contributed by atoms with Gasteiger partial charge in [0, 0.05) is 17.0 Å². The topological polar surface area (TPSA) is 92.5 Å². The summed E-state index contributed by atoms with van der Waals surface area (Å²) in [5, 5.41) is 23.9. The van der Waals surface area contributed by atoms with Crippen molar-refractivity contribution >= 4 is 40.3 Å². The van der Waals surface area contributed by atoms with E-state index in [0.29, 0.717) is 4.88 Å². The molecule has 0 bridgehead atoms. The Bertz CT molecular complexity index is 693. The first kappa shape index (κ1) is 15.2. The number of anilines is 1. The van der Waals surface area contributed by atoms with Gasteiger partial charge in [-0.2, -0.15) is 0 Å². The van der Waals surface area contributed by atoms with Crippen LogP contribution in [0.1, 0.15) is 10.9 Å². The molecular formula is C12H8ClFN2O4S. The predicted octanol–water partition coefficient (Wildman–Crippen LogP) is 3.69. The van der Waals surface area contributed by atoms with E-state index in [9.17, 15) is 24.4 Å². The van der Waals surface area contributed by atoms with Gasteiger partial charge in [0.05, 0.1) is 9.95 Å². The predicted molar refractivity (Wildman–Crippen MR) is 76.4 cm³/mol. The van der Waals surface area contributed by atoms with Gasteiger partial charge in [-0.3, -0.25) is 10.1 Å². The summed E-state index contributed by atoms with van der Waals surface area (Å²) in [6, 6.07) is 3.64. The van der Waals surface area contributed by atoms with Crippen LogP contribution in [0.5, 0.6) is 0 Å². The molecule has 1 aromatic carbocycles. The van der Waals surface area contributed by atoms with Crippen molar-refractivity contribution in [3.8, 4) is 0 Å². The van der Waals surface area contributed by atoms with Gasteiger partial charge in [0.15, 0.2) is 6.04 Å². The van der Waals surface area contributed by atoms with Gasteiger partial charge in [0.2, 0.25) is 0 Å². The molecule has 0 radical (unpaired) electrons. The molecule has 0 fully saturated rings. The van der Waals surface area contributed by atoms with Crippen LogP contribution in [0.2, 0.25) is 5.02 Å². The number of hydrogen-bond acceptors (Lipinski definition) is 5. The first-order valence-corrected chi connectivity index (χ1v) is 6.82. The highest BCUT2D eigenvalue weighted by atomic mass is 35.5. The molecule has 2 N–H and O–H groups in total. The molecule has 1 unspecified atom stereocenters. The summed E-state index contributed by atoms with van der Waals surface area (Å²) in [7, 11) is 0. The van der Waals surface area contributed by atoms with Crippen molar-refractivity contribution in [2.75, 3.05) is 5.32 Å². The molecule has 0 aliphatic heterocycles. The number of aliphatic carboxylic acids is 1. The molecule has 9 heteroatoms. The minimum atomic E-state index is -1.23. The zero-order chi connectivity index (χ0) is 15.6. The second-order valence-electron chi connectivity index (χ2n) is 3.97. The number of carboxylic acid groups (broad SMARTS) is 1. The van der Waals surface area contributed by atoms with Crippen molar-refractivity contribution in [1.29, 1.82) is 0 Å². The summed E-state index contributed by atoms with van der Waals surface area (Å²) >= 11 is 6.67. The average molecular weight is 331 g/mol. The number of nitrogens with zero attached hydrogens (tertiary/aromatic N) is 1. The Morgan fingerprint density at radius 1 is 1.52 bits per heavy atom. The molecule has 6 nitrogen and oxygen atoms in total. The van der Waals surface area contributed by atoms with Crippen LogP contribution in [0.4, 0.5) is 15.8 Å². The molecule has 0 saturated heterocycles. The first-order valence-electron chi connectivity index (χ1n) is 5.56. The number of hydrogen-bond donors (Lipinski definition) is 2. The smallest absolute Gasteiger partial charge is 0.331 e. The third-order valence-electron chi connectivity index (χ3n) is 2.61. The maximum atomic E-state index is 13.5. The van der Waals surface area contributed by atoms with E-state index in [0.717, 1.165) is 12.1 Å². The fourth-order valence-electron chi connectivity index (χ4n) is 1.67. The van der Waals surface area contributed by atoms with Crippen LogP contribution in [-0.4, -0.2) is 16.0 Å². The molecule has 2 rings (SSSR count). The van der Waals surface area contributed by atoms with Crippen LogP contribution in [-0.2, 0) is 4.79 Å². The molecule has 0 aliphatic rings. The zero-order valence-corrected chi connectivity index (χ0v) is 11.8. The van der Waals surface area contributed by atoms with Crippen LogP contribution in [0.25, 0.3) is 0 Å². The number of benzene rings is 1. The number of carbonyl (C=O) groups is 1. The molecule has 0 amide bonds. The Morgan fingerprint density at radius 2 is 2.24 bits per heavy atom. The van der Waals surface area contributed by atoms with Gasteiger partial charge < -0.3 is 10.4 Å². The lowest BCUT2D eigenvalue weighted by molar-refractivity contribution is -0.384. The normalized spacial score (nSPS) is 11.9. The van der Waals surface area contributed by atoms with Crippen LogP contribution in [0.15, 0.2) is 29.6 Å². The largest absolute Gasteiger partial charge is 0.479 e. The quantitative estimate of drug-likeness (QED) is 0.644. The number of thiophene rings is 1. The van der Waals surface area contributed by atoms with E-state index < -0.39 is 33.5 Å². The molecular weight excluding hydrogens is 323 g/mol. The summed E-state index contributed by atoms with van der Waals surface area (Å²) < 4.78 is 13.5. The lowest BCUT2D eigenvalue weighted by Crippen LogP contribution is -2.20. The molecule has 1 atom stereocenters. The SMILES string of the molecule is O=C(O)C(Nc1cc(F)c(Cl)cc1[N+](=O)[O-])c1cccs1. The minimum Gasteiger partial charge on any atom is -0.479 e. The minimum absolute atomic E-state index is 0.247. The van der Waals surface area contributed by atoms with Gasteiger partial charge in [0.1, 0.15) is 11.5 Å². The second kappa shape index (κ2) is 6.06. The lowest BCUT2D eigenvalue weighted by atomic mass is 10.2. The van der Waals surface area contributed by atoms with E-state index >= 15 is 0 Å². The van der Waals surface area contributed by atoms with E-state index in [1.54, 1.807) is 17.5 Å². The van der Waals surface area contributed by atoms with Crippen molar-refractivity contribution in [3.63, 3.8) is 0 Å². The third-order valence-corrected chi connectivity index (χ3v) is 3.84. The van der Waals surface area contributed by atoms with E-state index in [4.69, 9.17) is 11.6 Å². The highest BCUT2D eigenvalue weighted by molar-refractivity contribution is 7.10. The Morgan fingerprint density at radius 3 is 2.76 bits per heavy atom. The van der Waals surface area contributed by atoms with Crippen molar-refractivity contribution in [2.24, 2.45) is 0 Å². The molecule has 1 heterocycles. The zero-order valence-electron chi connectivity index (χ0n) is 10.2. The molecule has 0 spiro atoms. The molecule has 2 aromatic rings. The summed E-state index contributed by atoms with van der Waals surface area (Å²) in [6.45, 7) is 0. The lowest BCUT2D eigenvalue weighted by Gasteiger charge is -2.14. The second-order valence-corrected chi connectivity index (χ2v) is 5.36. The van der Waals surface area contributed by atoms with Crippen molar-refractivity contribution in [2.45, 2.75) is 6.04 Å². The van der Waals surface area contributed by atoms with Crippen LogP contribution >= 0.6 is 22.9 Å². The Hall–Kier alpha value is -2.19. The fourth-order valence-corrected chi connectivity index (χ4v) is 2.59. The number of halogens is 2. The average Bonchev–Trinajstić information content (AvgIpc) is 2.92. The van der Waals surface area contributed by atoms with Gasteiger partial charge in [0.25, 0.3) is 5.69 Å². The Balaban J connectivity index is 2.43. The molecule has 110 valence electrons. The van der Waals surface area contributed by atoms with E-state index in [1.807, 2.05) is 0 Å².